The van der Waals surface area contributed by atoms with Gasteiger partial charge in [-0.1, -0.05) is 18.2 Å². The summed E-state index contributed by atoms with van der Waals surface area (Å²) in [6, 6.07) is 5.50. The number of nitrogens with one attached hydrogen (secondary N) is 1. The second-order valence-electron chi connectivity index (χ2n) is 4.95. The minimum absolute atomic E-state index is 0.0698. The van der Waals surface area contributed by atoms with E-state index in [9.17, 15) is 9.59 Å². The molecule has 1 aromatic carbocycles. The van der Waals surface area contributed by atoms with Gasteiger partial charge in [0.25, 0.3) is 0 Å². The maximum absolute atomic E-state index is 12.2. The van der Waals surface area contributed by atoms with Crippen LogP contribution < -0.4 is 5.32 Å². The van der Waals surface area contributed by atoms with Crippen LogP contribution in [0.5, 0.6) is 0 Å². The Morgan fingerprint density at radius 2 is 1.89 bits per heavy atom. The van der Waals surface area contributed by atoms with Crippen molar-refractivity contribution in [1.29, 1.82) is 0 Å². The van der Waals surface area contributed by atoms with Crippen LogP contribution in [0.2, 0.25) is 0 Å². The number of aliphatic carboxylic acids is 1. The van der Waals surface area contributed by atoms with E-state index in [4.69, 9.17) is 5.11 Å². The fourth-order valence-corrected chi connectivity index (χ4v) is 2.09. The van der Waals surface area contributed by atoms with E-state index in [1.807, 2.05) is 32.0 Å². The molecule has 2 amide bonds. The summed E-state index contributed by atoms with van der Waals surface area (Å²) < 4.78 is 0. The number of carboxylic acid groups (broad SMARTS) is 1. The van der Waals surface area contributed by atoms with E-state index in [2.05, 4.69) is 5.32 Å². The fourth-order valence-electron chi connectivity index (χ4n) is 2.09. The molecule has 0 heterocycles. The average molecular weight is 262 g/mol. The Balaban J connectivity index is 2.12. The predicted octanol–water partition coefficient (Wildman–Crippen LogP) is 2.38. The van der Waals surface area contributed by atoms with Crippen molar-refractivity contribution < 1.29 is 14.7 Å². The number of anilines is 1. The topological polar surface area (TPSA) is 69.6 Å². The van der Waals surface area contributed by atoms with Gasteiger partial charge in [0.05, 0.1) is 0 Å². The van der Waals surface area contributed by atoms with E-state index in [0.29, 0.717) is 0 Å². The molecule has 0 aromatic heterocycles. The Morgan fingerprint density at radius 3 is 2.37 bits per heavy atom. The number of carbonyl (C=O) groups is 2. The summed E-state index contributed by atoms with van der Waals surface area (Å²) in [7, 11) is 0. The minimum atomic E-state index is -0.983. The van der Waals surface area contributed by atoms with E-state index >= 15 is 0 Å². The molecule has 0 bridgehead atoms. The van der Waals surface area contributed by atoms with Gasteiger partial charge in [0.2, 0.25) is 0 Å². The second-order valence-corrected chi connectivity index (χ2v) is 4.95. The Labute approximate surface area is 112 Å². The van der Waals surface area contributed by atoms with Gasteiger partial charge in [0.1, 0.15) is 6.54 Å². The summed E-state index contributed by atoms with van der Waals surface area (Å²) in [4.78, 5) is 24.4. The number of carboxylic acids is 1. The highest BCUT2D eigenvalue weighted by Gasteiger charge is 2.34. The summed E-state index contributed by atoms with van der Waals surface area (Å²) in [5.41, 5.74) is 2.71. The number of para-hydroxylation sites is 1. The van der Waals surface area contributed by atoms with Crippen LogP contribution in [-0.2, 0) is 4.79 Å². The van der Waals surface area contributed by atoms with Gasteiger partial charge in [-0.05, 0) is 37.8 Å². The van der Waals surface area contributed by atoms with Crippen LogP contribution in [0.25, 0.3) is 0 Å². The second kappa shape index (κ2) is 5.30. The van der Waals surface area contributed by atoms with Crippen LogP contribution in [0, 0.1) is 13.8 Å². The molecule has 0 unspecified atom stereocenters. The Bertz CT molecular complexity index is 489. The maximum Gasteiger partial charge on any atom is 0.323 e. The van der Waals surface area contributed by atoms with Crippen molar-refractivity contribution in [2.24, 2.45) is 0 Å². The zero-order chi connectivity index (χ0) is 14.0. The largest absolute Gasteiger partial charge is 0.480 e. The molecule has 0 saturated heterocycles. The molecule has 1 fully saturated rings. The van der Waals surface area contributed by atoms with Gasteiger partial charge in [0.15, 0.2) is 0 Å². The van der Waals surface area contributed by atoms with Gasteiger partial charge in [-0.2, -0.15) is 0 Å². The van der Waals surface area contributed by atoms with Crippen LogP contribution >= 0.6 is 0 Å². The van der Waals surface area contributed by atoms with Crippen molar-refractivity contribution in [2.75, 3.05) is 11.9 Å². The molecule has 5 nitrogen and oxygen atoms in total. The number of nitrogens with zero attached hydrogens (tertiary/aromatic N) is 1. The van der Waals surface area contributed by atoms with Crippen molar-refractivity contribution in [3.8, 4) is 0 Å². The van der Waals surface area contributed by atoms with Crippen molar-refractivity contribution in [1.82, 2.24) is 4.90 Å². The van der Waals surface area contributed by atoms with E-state index in [1.165, 1.54) is 4.90 Å². The highest BCUT2D eigenvalue weighted by Crippen LogP contribution is 2.28. The lowest BCUT2D eigenvalue weighted by Crippen LogP contribution is -2.40. The minimum Gasteiger partial charge on any atom is -0.480 e. The summed E-state index contributed by atoms with van der Waals surface area (Å²) in [5, 5.41) is 11.7. The van der Waals surface area contributed by atoms with Gasteiger partial charge in [-0.15, -0.1) is 0 Å². The first kappa shape index (κ1) is 13.4. The molecule has 2 N–H and O–H groups in total. The molecule has 1 saturated carbocycles. The summed E-state index contributed by atoms with van der Waals surface area (Å²) >= 11 is 0. The average Bonchev–Trinajstić information content (AvgIpc) is 3.14. The molecule has 2 rings (SSSR count). The van der Waals surface area contributed by atoms with Crippen LogP contribution in [0.1, 0.15) is 24.0 Å². The zero-order valence-corrected chi connectivity index (χ0v) is 11.1. The van der Waals surface area contributed by atoms with E-state index in [0.717, 1.165) is 29.7 Å². The van der Waals surface area contributed by atoms with Crippen molar-refractivity contribution in [3.63, 3.8) is 0 Å². The Kier molecular flexibility index (Phi) is 3.74. The highest BCUT2D eigenvalue weighted by atomic mass is 16.4. The van der Waals surface area contributed by atoms with Crippen molar-refractivity contribution in [3.05, 3.63) is 29.3 Å². The number of hydrogen-bond acceptors (Lipinski definition) is 2. The molecular weight excluding hydrogens is 244 g/mol. The van der Waals surface area contributed by atoms with Gasteiger partial charge >= 0.3 is 12.0 Å². The van der Waals surface area contributed by atoms with Crippen molar-refractivity contribution in [2.45, 2.75) is 32.7 Å². The first-order valence-electron chi connectivity index (χ1n) is 6.34. The molecule has 19 heavy (non-hydrogen) atoms. The zero-order valence-electron chi connectivity index (χ0n) is 11.1. The van der Waals surface area contributed by atoms with E-state index in [1.54, 1.807) is 0 Å². The number of amides is 2. The summed E-state index contributed by atoms with van der Waals surface area (Å²) in [5.74, 6) is -0.983. The number of benzene rings is 1. The molecule has 0 radical (unpaired) electrons. The van der Waals surface area contributed by atoms with E-state index < -0.39 is 5.97 Å². The van der Waals surface area contributed by atoms with Crippen LogP contribution in [-0.4, -0.2) is 34.6 Å². The Hall–Kier alpha value is -2.04. The smallest absolute Gasteiger partial charge is 0.323 e. The number of urea groups is 1. The third kappa shape index (κ3) is 3.24. The van der Waals surface area contributed by atoms with Crippen LogP contribution in [0.4, 0.5) is 10.5 Å². The van der Waals surface area contributed by atoms with Crippen molar-refractivity contribution >= 4 is 17.7 Å². The summed E-state index contributed by atoms with van der Waals surface area (Å²) in [6.07, 6.45) is 1.76. The summed E-state index contributed by atoms with van der Waals surface area (Å²) in [6.45, 7) is 3.59. The first-order valence-corrected chi connectivity index (χ1v) is 6.34. The lowest BCUT2D eigenvalue weighted by Gasteiger charge is -2.22. The lowest BCUT2D eigenvalue weighted by molar-refractivity contribution is -0.137. The first-order chi connectivity index (χ1) is 8.99. The van der Waals surface area contributed by atoms with Crippen LogP contribution in [0.3, 0.4) is 0 Å². The molecule has 5 heteroatoms. The van der Waals surface area contributed by atoms with Gasteiger partial charge in [-0.25, -0.2) is 4.79 Å². The lowest BCUT2D eigenvalue weighted by atomic mass is 10.1. The molecule has 0 spiro atoms. The fraction of sp³-hybridized carbons (Fsp3) is 0.429. The number of rotatable bonds is 4. The maximum atomic E-state index is 12.2. The number of hydrogen-bond donors (Lipinski definition) is 2. The normalized spacial score (nSPS) is 14.0. The monoisotopic (exact) mass is 262 g/mol. The Morgan fingerprint density at radius 1 is 1.32 bits per heavy atom. The third-order valence-electron chi connectivity index (χ3n) is 3.27. The number of aryl methyl sites for hydroxylation is 2. The molecule has 0 atom stereocenters. The SMILES string of the molecule is Cc1cccc(C)c1NC(=O)N(CC(=O)O)C1CC1. The highest BCUT2D eigenvalue weighted by molar-refractivity contribution is 5.93. The molecular formula is C14H18N2O3. The van der Waals surface area contributed by atoms with E-state index in [-0.39, 0.29) is 18.6 Å². The van der Waals surface area contributed by atoms with Gasteiger partial charge in [-0.3, -0.25) is 4.79 Å². The molecule has 0 aliphatic heterocycles. The molecule has 1 aliphatic rings. The standard InChI is InChI=1S/C14H18N2O3/c1-9-4-3-5-10(2)13(9)15-14(19)16(8-12(17)18)11-6-7-11/h3-5,11H,6-8H2,1-2H3,(H,15,19)(H,17,18). The number of carbonyl (C=O) groups excluding carboxylic acids is 1. The molecule has 1 aromatic rings. The van der Waals surface area contributed by atoms with Gasteiger partial charge in [0, 0.05) is 11.7 Å². The third-order valence-corrected chi connectivity index (χ3v) is 3.27. The molecule has 1 aliphatic carbocycles. The quantitative estimate of drug-likeness (QED) is 0.875. The van der Waals surface area contributed by atoms with Crippen LogP contribution in [0.15, 0.2) is 18.2 Å². The van der Waals surface area contributed by atoms with Gasteiger partial charge < -0.3 is 15.3 Å². The predicted molar refractivity (Wildman–Crippen MR) is 72.3 cm³/mol. The molecule has 102 valence electrons.